The zero-order valence-electron chi connectivity index (χ0n) is 8.83. The fourth-order valence-electron chi connectivity index (χ4n) is 1.22. The Labute approximate surface area is 105 Å². The number of nitrogens with zero attached hydrogens (tertiary/aromatic N) is 2. The summed E-state index contributed by atoms with van der Waals surface area (Å²) < 4.78 is 42.4. The number of nitrogens with one attached hydrogen (secondary N) is 1. The van der Waals surface area contributed by atoms with Crippen LogP contribution in [0.3, 0.4) is 0 Å². The molecule has 2 aromatic rings. The van der Waals surface area contributed by atoms with Crippen molar-refractivity contribution in [1.29, 1.82) is 0 Å². The van der Waals surface area contributed by atoms with E-state index in [2.05, 4.69) is 15.3 Å². The fourth-order valence-corrected chi connectivity index (χ4v) is 1.40. The quantitative estimate of drug-likeness (QED) is 0.874. The van der Waals surface area contributed by atoms with Crippen LogP contribution in [0.5, 0.6) is 0 Å². The summed E-state index contributed by atoms with van der Waals surface area (Å²) in [6.45, 7) is 0.171. The summed E-state index contributed by atoms with van der Waals surface area (Å²) >= 11 is 5.50. The number of hydrogen-bond acceptors (Lipinski definition) is 4. The highest BCUT2D eigenvalue weighted by molar-refractivity contribution is 6.29. The van der Waals surface area contributed by atoms with Gasteiger partial charge < -0.3 is 9.73 Å². The molecule has 4 nitrogen and oxygen atoms in total. The molecule has 0 radical (unpaired) electrons. The van der Waals surface area contributed by atoms with Crippen molar-refractivity contribution in [2.24, 2.45) is 0 Å². The summed E-state index contributed by atoms with van der Waals surface area (Å²) in [5, 5.41) is 2.32. The minimum atomic E-state index is -4.56. The lowest BCUT2D eigenvalue weighted by Gasteiger charge is -2.08. The first-order valence-electron chi connectivity index (χ1n) is 4.83. The van der Waals surface area contributed by atoms with Gasteiger partial charge in [0.15, 0.2) is 5.69 Å². The van der Waals surface area contributed by atoms with E-state index in [1.807, 2.05) is 0 Å². The molecule has 0 aliphatic heterocycles. The van der Waals surface area contributed by atoms with Crippen LogP contribution in [0.25, 0.3) is 0 Å². The molecule has 1 N–H and O–H groups in total. The van der Waals surface area contributed by atoms with Gasteiger partial charge in [-0.15, -0.1) is 0 Å². The number of anilines is 1. The Kier molecular flexibility index (Phi) is 3.42. The molecule has 0 fully saturated rings. The van der Waals surface area contributed by atoms with Crippen LogP contribution < -0.4 is 5.32 Å². The summed E-state index contributed by atoms with van der Waals surface area (Å²) in [7, 11) is 0. The Hall–Kier alpha value is -1.76. The van der Waals surface area contributed by atoms with E-state index in [1.54, 1.807) is 12.1 Å². The molecule has 0 unspecified atom stereocenters. The van der Waals surface area contributed by atoms with E-state index in [9.17, 15) is 13.2 Å². The van der Waals surface area contributed by atoms with Crippen molar-refractivity contribution in [3.63, 3.8) is 0 Å². The molecule has 0 atom stereocenters. The first-order valence-corrected chi connectivity index (χ1v) is 5.21. The van der Waals surface area contributed by atoms with Crippen LogP contribution in [-0.4, -0.2) is 9.97 Å². The molecule has 2 rings (SSSR count). The zero-order chi connectivity index (χ0) is 13.2. The molecule has 0 amide bonds. The molecule has 2 heterocycles. The number of aromatic nitrogens is 2. The van der Waals surface area contributed by atoms with Gasteiger partial charge in [0.1, 0.15) is 10.9 Å². The lowest BCUT2D eigenvalue weighted by Crippen LogP contribution is -2.12. The molecule has 0 aliphatic rings. The number of hydrogen-bond donors (Lipinski definition) is 1. The van der Waals surface area contributed by atoms with Crippen molar-refractivity contribution >= 4 is 17.5 Å². The van der Waals surface area contributed by atoms with Crippen molar-refractivity contribution in [3.8, 4) is 0 Å². The molecule has 18 heavy (non-hydrogen) atoms. The van der Waals surface area contributed by atoms with E-state index in [-0.39, 0.29) is 17.6 Å². The smallest absolute Gasteiger partial charge is 0.433 e. The summed E-state index contributed by atoms with van der Waals surface area (Å²) in [6.07, 6.45) is -3.11. The third-order valence-corrected chi connectivity index (χ3v) is 2.18. The second-order valence-corrected chi connectivity index (χ2v) is 3.72. The molecule has 0 spiro atoms. The highest BCUT2D eigenvalue weighted by atomic mass is 35.5. The maximum atomic E-state index is 12.5. The summed E-state index contributed by atoms with van der Waals surface area (Å²) in [4.78, 5) is 6.98. The van der Waals surface area contributed by atoms with Crippen LogP contribution in [0, 0.1) is 0 Å². The van der Waals surface area contributed by atoms with Crippen LogP contribution in [-0.2, 0) is 12.7 Å². The van der Waals surface area contributed by atoms with Crippen molar-refractivity contribution in [3.05, 3.63) is 41.1 Å². The third kappa shape index (κ3) is 3.13. The van der Waals surface area contributed by atoms with E-state index in [0.717, 1.165) is 0 Å². The van der Waals surface area contributed by atoms with E-state index < -0.39 is 11.9 Å². The lowest BCUT2D eigenvalue weighted by atomic mass is 10.4. The highest BCUT2D eigenvalue weighted by Crippen LogP contribution is 2.29. The standard InChI is InChI=1S/C10H7ClF3N3O/c11-8-4-7(10(12,13)14)16-9(17-8)15-5-6-2-1-3-18-6/h1-4H,5H2,(H,15,16,17). The second-order valence-electron chi connectivity index (χ2n) is 3.33. The summed E-state index contributed by atoms with van der Waals surface area (Å²) in [5.41, 5.74) is -1.09. The Bertz CT molecular complexity index is 528. The first-order chi connectivity index (χ1) is 8.45. The normalized spacial score (nSPS) is 11.6. The van der Waals surface area contributed by atoms with E-state index in [1.165, 1.54) is 6.26 Å². The fraction of sp³-hybridized carbons (Fsp3) is 0.200. The minimum Gasteiger partial charge on any atom is -0.467 e. The van der Waals surface area contributed by atoms with Crippen molar-refractivity contribution in [2.75, 3.05) is 5.32 Å². The molecule has 0 bridgehead atoms. The van der Waals surface area contributed by atoms with E-state index in [4.69, 9.17) is 16.0 Å². The molecule has 0 aromatic carbocycles. The summed E-state index contributed by atoms with van der Waals surface area (Å²) in [5.74, 6) is 0.346. The maximum Gasteiger partial charge on any atom is 0.433 e. The summed E-state index contributed by atoms with van der Waals surface area (Å²) in [6, 6.07) is 4.00. The molecule has 2 aromatic heterocycles. The van der Waals surface area contributed by atoms with Crippen LogP contribution >= 0.6 is 11.6 Å². The largest absolute Gasteiger partial charge is 0.467 e. The molecule has 96 valence electrons. The molecule has 0 saturated heterocycles. The molecule has 0 aliphatic carbocycles. The number of rotatable bonds is 3. The molecular formula is C10H7ClF3N3O. The second kappa shape index (κ2) is 4.85. The monoisotopic (exact) mass is 277 g/mol. The SMILES string of the molecule is FC(F)(F)c1cc(Cl)nc(NCc2ccco2)n1. The van der Waals surface area contributed by atoms with Gasteiger partial charge in [-0.25, -0.2) is 9.97 Å². The molecular weight excluding hydrogens is 271 g/mol. The minimum absolute atomic E-state index is 0.171. The predicted molar refractivity (Wildman–Crippen MR) is 58.1 cm³/mol. The molecule has 0 saturated carbocycles. The van der Waals surface area contributed by atoms with Gasteiger partial charge >= 0.3 is 6.18 Å². The van der Waals surface area contributed by atoms with Crippen LogP contribution in [0.1, 0.15) is 11.5 Å². The van der Waals surface area contributed by atoms with Gasteiger partial charge in [-0.05, 0) is 12.1 Å². The van der Waals surface area contributed by atoms with Gasteiger partial charge in [-0.1, -0.05) is 11.6 Å². The van der Waals surface area contributed by atoms with Gasteiger partial charge in [-0.3, -0.25) is 0 Å². The Morgan fingerprint density at radius 3 is 2.72 bits per heavy atom. The Morgan fingerprint density at radius 2 is 2.11 bits per heavy atom. The average molecular weight is 278 g/mol. The Morgan fingerprint density at radius 1 is 1.33 bits per heavy atom. The first kappa shape index (κ1) is 12.7. The van der Waals surface area contributed by atoms with Crippen LogP contribution in [0.15, 0.2) is 28.9 Å². The van der Waals surface area contributed by atoms with Crippen molar-refractivity contribution in [1.82, 2.24) is 9.97 Å². The van der Waals surface area contributed by atoms with Crippen LogP contribution in [0.4, 0.5) is 19.1 Å². The number of alkyl halides is 3. The van der Waals surface area contributed by atoms with Gasteiger partial charge in [-0.2, -0.15) is 13.2 Å². The average Bonchev–Trinajstić information content (AvgIpc) is 2.77. The van der Waals surface area contributed by atoms with Gasteiger partial charge in [0.25, 0.3) is 0 Å². The number of furan rings is 1. The topological polar surface area (TPSA) is 51.0 Å². The van der Waals surface area contributed by atoms with Gasteiger partial charge in [0, 0.05) is 6.07 Å². The van der Waals surface area contributed by atoms with Crippen molar-refractivity contribution in [2.45, 2.75) is 12.7 Å². The van der Waals surface area contributed by atoms with E-state index in [0.29, 0.717) is 11.8 Å². The van der Waals surface area contributed by atoms with Crippen LogP contribution in [0.2, 0.25) is 5.15 Å². The Balaban J connectivity index is 2.15. The number of halogens is 4. The van der Waals surface area contributed by atoms with E-state index >= 15 is 0 Å². The maximum absolute atomic E-state index is 12.5. The van der Waals surface area contributed by atoms with Crippen molar-refractivity contribution < 1.29 is 17.6 Å². The lowest BCUT2D eigenvalue weighted by molar-refractivity contribution is -0.141. The molecule has 8 heteroatoms. The van der Waals surface area contributed by atoms with Gasteiger partial charge in [0.05, 0.1) is 12.8 Å². The predicted octanol–water partition coefficient (Wildman–Crippen LogP) is 3.35. The third-order valence-electron chi connectivity index (χ3n) is 1.99. The van der Waals surface area contributed by atoms with Gasteiger partial charge in [0.2, 0.25) is 5.95 Å². The highest BCUT2D eigenvalue weighted by Gasteiger charge is 2.33. The zero-order valence-corrected chi connectivity index (χ0v) is 9.59.